The molecule has 0 bridgehead atoms. The summed E-state index contributed by atoms with van der Waals surface area (Å²) in [5, 5.41) is 12.2. The third-order valence-corrected chi connectivity index (χ3v) is 3.86. The van der Waals surface area contributed by atoms with Crippen molar-refractivity contribution in [2.24, 2.45) is 0 Å². The molecule has 1 aromatic carbocycles. The number of hydrogen-bond acceptors (Lipinski definition) is 3. The molecular formula is C15H23Br2NO2. The van der Waals surface area contributed by atoms with E-state index in [2.05, 4.69) is 70.1 Å². The number of halogens is 2. The van der Waals surface area contributed by atoms with E-state index >= 15 is 0 Å². The molecule has 0 heterocycles. The Morgan fingerprint density at radius 2 is 1.75 bits per heavy atom. The molecule has 2 N–H and O–H groups in total. The smallest absolute Gasteiger partial charge is 0.147 e. The zero-order valence-corrected chi connectivity index (χ0v) is 15.5. The first-order chi connectivity index (χ1) is 9.33. The maximum absolute atomic E-state index is 8.75. The molecule has 0 saturated heterocycles. The predicted molar refractivity (Wildman–Crippen MR) is 90.2 cm³/mol. The van der Waals surface area contributed by atoms with E-state index in [4.69, 9.17) is 9.84 Å². The van der Waals surface area contributed by atoms with Crippen LogP contribution in [0.5, 0.6) is 5.75 Å². The van der Waals surface area contributed by atoms with Crippen molar-refractivity contribution in [3.8, 4) is 5.75 Å². The van der Waals surface area contributed by atoms with Gasteiger partial charge in [0.1, 0.15) is 5.75 Å². The van der Waals surface area contributed by atoms with Crippen molar-refractivity contribution in [1.29, 1.82) is 0 Å². The average molecular weight is 409 g/mol. The van der Waals surface area contributed by atoms with Crippen molar-refractivity contribution in [1.82, 2.24) is 5.32 Å². The lowest BCUT2D eigenvalue weighted by Crippen LogP contribution is -2.35. The minimum absolute atomic E-state index is 0.0957. The van der Waals surface area contributed by atoms with Gasteiger partial charge in [-0.3, -0.25) is 0 Å². The van der Waals surface area contributed by atoms with Gasteiger partial charge in [0, 0.05) is 18.7 Å². The van der Waals surface area contributed by atoms with Crippen molar-refractivity contribution in [3.05, 3.63) is 26.6 Å². The molecule has 20 heavy (non-hydrogen) atoms. The number of nitrogens with one attached hydrogen (secondary N) is 1. The molecule has 3 nitrogen and oxygen atoms in total. The van der Waals surface area contributed by atoms with Gasteiger partial charge in [-0.1, -0.05) is 0 Å². The van der Waals surface area contributed by atoms with Gasteiger partial charge in [-0.25, -0.2) is 0 Å². The van der Waals surface area contributed by atoms with E-state index in [0.29, 0.717) is 6.61 Å². The van der Waals surface area contributed by atoms with E-state index in [9.17, 15) is 0 Å². The van der Waals surface area contributed by atoms with Crippen LogP contribution in [-0.4, -0.2) is 23.9 Å². The van der Waals surface area contributed by atoms with Gasteiger partial charge < -0.3 is 15.2 Å². The fraction of sp³-hybridized carbons (Fsp3) is 0.600. The van der Waals surface area contributed by atoms with Crippen LogP contribution in [0.3, 0.4) is 0 Å². The van der Waals surface area contributed by atoms with Crippen LogP contribution in [0.25, 0.3) is 0 Å². The Morgan fingerprint density at radius 1 is 1.15 bits per heavy atom. The zero-order valence-electron chi connectivity index (χ0n) is 12.3. The van der Waals surface area contributed by atoms with E-state index < -0.39 is 0 Å². The van der Waals surface area contributed by atoms with Crippen molar-refractivity contribution >= 4 is 31.9 Å². The SMILES string of the molecule is CC(C)(C)NCc1cc(Br)c(OCCCCO)c(Br)c1. The molecule has 0 aliphatic rings. The minimum atomic E-state index is 0.0957. The molecule has 0 saturated carbocycles. The van der Waals surface area contributed by atoms with Crippen LogP contribution < -0.4 is 10.1 Å². The topological polar surface area (TPSA) is 41.5 Å². The Bertz CT molecular complexity index is 407. The van der Waals surface area contributed by atoms with Crippen molar-refractivity contribution in [3.63, 3.8) is 0 Å². The third kappa shape index (κ3) is 6.57. The summed E-state index contributed by atoms with van der Waals surface area (Å²) in [6.07, 6.45) is 1.62. The van der Waals surface area contributed by atoms with Gasteiger partial charge in [-0.05, 0) is 83.2 Å². The lowest BCUT2D eigenvalue weighted by atomic mass is 10.1. The molecule has 0 unspecified atom stereocenters. The van der Waals surface area contributed by atoms with Gasteiger partial charge in [0.25, 0.3) is 0 Å². The highest BCUT2D eigenvalue weighted by Gasteiger charge is 2.12. The number of unbranched alkanes of at least 4 members (excludes halogenated alkanes) is 1. The van der Waals surface area contributed by atoms with Crippen LogP contribution in [0.4, 0.5) is 0 Å². The fourth-order valence-electron chi connectivity index (χ4n) is 1.61. The number of aliphatic hydroxyl groups is 1. The molecule has 0 aliphatic carbocycles. The summed E-state index contributed by atoms with van der Waals surface area (Å²) in [7, 11) is 0. The van der Waals surface area contributed by atoms with E-state index in [0.717, 1.165) is 34.1 Å². The number of rotatable bonds is 7. The van der Waals surface area contributed by atoms with Gasteiger partial charge in [-0.15, -0.1) is 0 Å². The lowest BCUT2D eigenvalue weighted by molar-refractivity contribution is 0.252. The van der Waals surface area contributed by atoms with Crippen LogP contribution in [0.15, 0.2) is 21.1 Å². The Balaban J connectivity index is 2.66. The molecule has 114 valence electrons. The fourth-order valence-corrected chi connectivity index (χ4v) is 3.12. The van der Waals surface area contributed by atoms with Crippen LogP contribution in [0, 0.1) is 0 Å². The highest BCUT2D eigenvalue weighted by Crippen LogP contribution is 2.35. The number of aliphatic hydroxyl groups excluding tert-OH is 1. The highest BCUT2D eigenvalue weighted by molar-refractivity contribution is 9.11. The molecule has 5 heteroatoms. The summed E-state index contributed by atoms with van der Waals surface area (Å²) < 4.78 is 7.64. The van der Waals surface area contributed by atoms with Crippen molar-refractivity contribution < 1.29 is 9.84 Å². The molecular weight excluding hydrogens is 386 g/mol. The van der Waals surface area contributed by atoms with Gasteiger partial charge in [0.15, 0.2) is 0 Å². The van der Waals surface area contributed by atoms with Crippen LogP contribution >= 0.6 is 31.9 Å². The van der Waals surface area contributed by atoms with Gasteiger partial charge in [-0.2, -0.15) is 0 Å². The molecule has 0 aliphatic heterocycles. The summed E-state index contributed by atoms with van der Waals surface area (Å²) >= 11 is 7.11. The molecule has 0 fully saturated rings. The first-order valence-electron chi connectivity index (χ1n) is 6.80. The Labute approximate surface area is 138 Å². The van der Waals surface area contributed by atoms with E-state index in [1.165, 1.54) is 5.56 Å². The molecule has 0 atom stereocenters. The molecule has 1 rings (SSSR count). The first-order valence-corrected chi connectivity index (χ1v) is 8.38. The van der Waals surface area contributed by atoms with E-state index in [-0.39, 0.29) is 12.1 Å². The summed E-state index contributed by atoms with van der Waals surface area (Å²) in [5.74, 6) is 0.822. The highest BCUT2D eigenvalue weighted by atomic mass is 79.9. The quantitative estimate of drug-likeness (QED) is 0.662. The second-order valence-electron chi connectivity index (χ2n) is 5.77. The number of benzene rings is 1. The Morgan fingerprint density at radius 3 is 2.25 bits per heavy atom. The second-order valence-corrected chi connectivity index (χ2v) is 7.48. The standard InChI is InChI=1S/C15H23Br2NO2/c1-15(2,3)18-10-11-8-12(16)14(13(17)9-11)20-7-5-4-6-19/h8-9,18-19H,4-7,10H2,1-3H3. The van der Waals surface area contributed by atoms with E-state index in [1.54, 1.807) is 0 Å². The predicted octanol–water partition coefficient (Wildman–Crippen LogP) is 4.25. The van der Waals surface area contributed by atoms with Crippen LogP contribution in [0.1, 0.15) is 39.2 Å². The van der Waals surface area contributed by atoms with Crippen molar-refractivity contribution in [2.45, 2.75) is 45.7 Å². The van der Waals surface area contributed by atoms with Crippen LogP contribution in [-0.2, 0) is 6.54 Å². The Kier molecular flexibility index (Phi) is 7.51. The zero-order chi connectivity index (χ0) is 15.2. The molecule has 1 aromatic rings. The average Bonchev–Trinajstić information content (AvgIpc) is 2.34. The normalized spacial score (nSPS) is 11.7. The van der Waals surface area contributed by atoms with Gasteiger partial charge in [0.2, 0.25) is 0 Å². The van der Waals surface area contributed by atoms with Gasteiger partial charge in [0.05, 0.1) is 15.6 Å². The maximum atomic E-state index is 8.75. The molecule has 0 spiro atoms. The molecule has 0 amide bonds. The summed E-state index contributed by atoms with van der Waals surface area (Å²) in [4.78, 5) is 0. The number of hydrogen-bond donors (Lipinski definition) is 2. The molecule has 0 aromatic heterocycles. The summed E-state index contributed by atoms with van der Waals surface area (Å²) in [6.45, 7) is 8.08. The van der Waals surface area contributed by atoms with Gasteiger partial charge >= 0.3 is 0 Å². The van der Waals surface area contributed by atoms with Crippen LogP contribution in [0.2, 0.25) is 0 Å². The summed E-state index contributed by atoms with van der Waals surface area (Å²) in [6, 6.07) is 4.15. The summed E-state index contributed by atoms with van der Waals surface area (Å²) in [5.41, 5.74) is 1.29. The first kappa shape index (κ1) is 18.0. The maximum Gasteiger partial charge on any atom is 0.147 e. The minimum Gasteiger partial charge on any atom is -0.491 e. The molecule has 0 radical (unpaired) electrons. The van der Waals surface area contributed by atoms with Crippen molar-refractivity contribution in [2.75, 3.05) is 13.2 Å². The largest absolute Gasteiger partial charge is 0.491 e. The third-order valence-electron chi connectivity index (χ3n) is 2.68. The monoisotopic (exact) mass is 407 g/mol. The Hall–Kier alpha value is -0.100. The van der Waals surface area contributed by atoms with E-state index in [1.807, 2.05) is 0 Å². The number of ether oxygens (including phenoxy) is 1. The lowest BCUT2D eigenvalue weighted by Gasteiger charge is -2.21. The second kappa shape index (κ2) is 8.37.